The zero-order valence-electron chi connectivity index (χ0n) is 11.5. The molecular weight excluding hydrogens is 416 g/mol. The zero-order valence-corrected chi connectivity index (χ0v) is 14.6. The SMILES string of the molecule is BrCCn1nnc(-c2cccc(-c3nnn(CCBr)n3)c2)n1. The second-order valence-corrected chi connectivity index (χ2v) is 5.96. The first-order valence-electron chi connectivity index (χ1n) is 6.58. The Morgan fingerprint density at radius 3 is 1.77 bits per heavy atom. The Bertz CT molecular complexity index is 693. The van der Waals surface area contributed by atoms with Gasteiger partial charge in [-0.1, -0.05) is 50.1 Å². The lowest BCUT2D eigenvalue weighted by Gasteiger charge is -1.98. The molecule has 2 heterocycles. The Balaban J connectivity index is 1.87. The average molecular weight is 428 g/mol. The normalized spacial score (nSPS) is 11.0. The summed E-state index contributed by atoms with van der Waals surface area (Å²) in [5.41, 5.74) is 1.74. The smallest absolute Gasteiger partial charge is 0.163 e. The van der Waals surface area contributed by atoms with Gasteiger partial charge < -0.3 is 0 Å². The fourth-order valence-electron chi connectivity index (χ4n) is 1.86. The molecule has 114 valence electrons. The number of benzene rings is 1. The Kier molecular flexibility index (Phi) is 4.88. The van der Waals surface area contributed by atoms with Crippen molar-refractivity contribution in [1.82, 2.24) is 40.4 Å². The molecule has 0 atom stereocenters. The van der Waals surface area contributed by atoms with Crippen molar-refractivity contribution in [3.05, 3.63) is 24.3 Å². The van der Waals surface area contributed by atoms with E-state index in [2.05, 4.69) is 62.7 Å². The van der Waals surface area contributed by atoms with Gasteiger partial charge in [-0.25, -0.2) is 0 Å². The molecule has 10 heteroatoms. The van der Waals surface area contributed by atoms with Crippen molar-refractivity contribution >= 4 is 31.9 Å². The Hall–Kier alpha value is -1.68. The van der Waals surface area contributed by atoms with Gasteiger partial charge in [0.1, 0.15) is 0 Å². The summed E-state index contributed by atoms with van der Waals surface area (Å²) in [5.74, 6) is 1.16. The molecule has 0 unspecified atom stereocenters. The molecule has 0 saturated carbocycles. The van der Waals surface area contributed by atoms with Crippen LogP contribution in [0.25, 0.3) is 22.8 Å². The third kappa shape index (κ3) is 3.38. The van der Waals surface area contributed by atoms with E-state index in [0.717, 1.165) is 21.8 Å². The Morgan fingerprint density at radius 1 is 0.818 bits per heavy atom. The summed E-state index contributed by atoms with van der Waals surface area (Å²) in [7, 11) is 0. The van der Waals surface area contributed by atoms with Crippen LogP contribution in [0.5, 0.6) is 0 Å². The minimum Gasteiger partial charge on any atom is -0.163 e. The highest BCUT2D eigenvalue weighted by atomic mass is 79.9. The zero-order chi connectivity index (χ0) is 15.4. The number of rotatable bonds is 6. The lowest BCUT2D eigenvalue weighted by Crippen LogP contribution is -2.03. The summed E-state index contributed by atoms with van der Waals surface area (Å²) < 4.78 is 0. The molecule has 2 aromatic heterocycles. The lowest BCUT2D eigenvalue weighted by atomic mass is 10.1. The molecule has 0 N–H and O–H groups in total. The molecule has 0 aliphatic rings. The third-order valence-electron chi connectivity index (χ3n) is 2.85. The van der Waals surface area contributed by atoms with Gasteiger partial charge in [-0.2, -0.15) is 9.59 Å². The Morgan fingerprint density at radius 2 is 1.32 bits per heavy atom. The summed E-state index contributed by atoms with van der Waals surface area (Å²) in [6, 6.07) is 7.72. The van der Waals surface area contributed by atoms with E-state index < -0.39 is 0 Å². The van der Waals surface area contributed by atoms with E-state index in [-0.39, 0.29) is 0 Å². The topological polar surface area (TPSA) is 87.2 Å². The number of nitrogens with zero attached hydrogens (tertiary/aromatic N) is 8. The number of hydrogen-bond donors (Lipinski definition) is 0. The maximum absolute atomic E-state index is 4.34. The molecule has 0 spiro atoms. The van der Waals surface area contributed by atoms with Crippen LogP contribution in [0.1, 0.15) is 0 Å². The predicted molar refractivity (Wildman–Crippen MR) is 87.7 cm³/mol. The van der Waals surface area contributed by atoms with Gasteiger partial charge in [-0.15, -0.1) is 20.4 Å². The molecule has 3 rings (SSSR count). The number of alkyl halides is 2. The Labute approximate surface area is 143 Å². The van der Waals surface area contributed by atoms with Gasteiger partial charge in [-0.05, 0) is 16.5 Å². The van der Waals surface area contributed by atoms with Gasteiger partial charge in [0.25, 0.3) is 0 Å². The molecule has 0 amide bonds. The number of halogens is 2. The molecule has 1 aromatic carbocycles. The van der Waals surface area contributed by atoms with Crippen molar-refractivity contribution in [3.63, 3.8) is 0 Å². The van der Waals surface area contributed by atoms with Gasteiger partial charge >= 0.3 is 0 Å². The van der Waals surface area contributed by atoms with Crippen molar-refractivity contribution in [2.45, 2.75) is 13.1 Å². The van der Waals surface area contributed by atoms with Crippen LogP contribution in [-0.2, 0) is 13.1 Å². The maximum atomic E-state index is 4.34. The highest BCUT2D eigenvalue weighted by Gasteiger charge is 2.10. The predicted octanol–water partition coefficient (Wildman–Crippen LogP) is 1.78. The van der Waals surface area contributed by atoms with Crippen molar-refractivity contribution < 1.29 is 0 Å². The molecule has 0 radical (unpaired) electrons. The van der Waals surface area contributed by atoms with Gasteiger partial charge in [0.15, 0.2) is 0 Å². The molecule has 0 saturated heterocycles. The van der Waals surface area contributed by atoms with Crippen molar-refractivity contribution in [3.8, 4) is 22.8 Å². The number of aryl methyl sites for hydroxylation is 2. The largest absolute Gasteiger partial charge is 0.204 e. The molecule has 0 bridgehead atoms. The van der Waals surface area contributed by atoms with Gasteiger partial charge in [0, 0.05) is 21.8 Å². The van der Waals surface area contributed by atoms with Crippen molar-refractivity contribution in [2.75, 3.05) is 10.7 Å². The van der Waals surface area contributed by atoms with Crippen LogP contribution in [-0.4, -0.2) is 51.1 Å². The van der Waals surface area contributed by atoms with Crippen LogP contribution in [0.2, 0.25) is 0 Å². The second kappa shape index (κ2) is 7.05. The first kappa shape index (κ1) is 15.2. The number of hydrogen-bond acceptors (Lipinski definition) is 6. The summed E-state index contributed by atoms with van der Waals surface area (Å²) in [6.07, 6.45) is 0. The average Bonchev–Trinajstić information content (AvgIpc) is 3.18. The molecular formula is C12H12Br2N8. The van der Waals surface area contributed by atoms with Crippen LogP contribution in [0.3, 0.4) is 0 Å². The van der Waals surface area contributed by atoms with E-state index in [1.165, 1.54) is 0 Å². The standard InChI is InChI=1S/C12H12Br2N8/c13-4-6-21-17-11(15-19-21)9-2-1-3-10(8-9)12-16-20-22(18-12)7-5-14/h1-3,8H,4-7H2. The van der Waals surface area contributed by atoms with E-state index in [1.807, 2.05) is 24.3 Å². The number of tetrazole rings is 2. The van der Waals surface area contributed by atoms with E-state index in [0.29, 0.717) is 24.7 Å². The number of aromatic nitrogens is 8. The minimum atomic E-state index is 0.579. The highest BCUT2D eigenvalue weighted by molar-refractivity contribution is 9.09. The first-order chi connectivity index (χ1) is 10.8. The summed E-state index contributed by atoms with van der Waals surface area (Å²) in [4.78, 5) is 3.11. The van der Waals surface area contributed by atoms with Crippen molar-refractivity contribution in [2.24, 2.45) is 0 Å². The third-order valence-corrected chi connectivity index (χ3v) is 3.56. The van der Waals surface area contributed by atoms with E-state index >= 15 is 0 Å². The van der Waals surface area contributed by atoms with Crippen LogP contribution in [0, 0.1) is 0 Å². The van der Waals surface area contributed by atoms with Gasteiger partial charge in [0.2, 0.25) is 11.6 Å². The van der Waals surface area contributed by atoms with E-state index in [9.17, 15) is 0 Å². The summed E-state index contributed by atoms with van der Waals surface area (Å²) in [6.45, 7) is 1.35. The molecule has 8 nitrogen and oxygen atoms in total. The van der Waals surface area contributed by atoms with Crippen LogP contribution < -0.4 is 0 Å². The van der Waals surface area contributed by atoms with Gasteiger partial charge in [-0.3, -0.25) is 0 Å². The summed E-state index contributed by atoms with van der Waals surface area (Å²) in [5, 5.41) is 26.4. The molecule has 0 fully saturated rings. The quantitative estimate of drug-likeness (QED) is 0.557. The van der Waals surface area contributed by atoms with Crippen molar-refractivity contribution in [1.29, 1.82) is 0 Å². The van der Waals surface area contributed by atoms with Crippen LogP contribution >= 0.6 is 31.9 Å². The monoisotopic (exact) mass is 426 g/mol. The van der Waals surface area contributed by atoms with Crippen LogP contribution in [0.15, 0.2) is 24.3 Å². The van der Waals surface area contributed by atoms with E-state index in [4.69, 9.17) is 0 Å². The second-order valence-electron chi connectivity index (χ2n) is 4.38. The fraction of sp³-hybridized carbons (Fsp3) is 0.333. The molecule has 0 aliphatic carbocycles. The van der Waals surface area contributed by atoms with Gasteiger partial charge in [0.05, 0.1) is 13.1 Å². The molecule has 0 aliphatic heterocycles. The molecule has 3 aromatic rings. The lowest BCUT2D eigenvalue weighted by molar-refractivity contribution is 0.559. The first-order valence-corrected chi connectivity index (χ1v) is 8.83. The van der Waals surface area contributed by atoms with E-state index in [1.54, 1.807) is 9.59 Å². The maximum Gasteiger partial charge on any atom is 0.204 e. The fourth-order valence-corrected chi connectivity index (χ4v) is 2.49. The van der Waals surface area contributed by atoms with Crippen LogP contribution in [0.4, 0.5) is 0 Å². The minimum absolute atomic E-state index is 0.579. The summed E-state index contributed by atoms with van der Waals surface area (Å²) >= 11 is 6.70. The highest BCUT2D eigenvalue weighted by Crippen LogP contribution is 2.21. The molecule has 22 heavy (non-hydrogen) atoms.